The van der Waals surface area contributed by atoms with Gasteiger partial charge in [0.05, 0.1) is 6.42 Å². The van der Waals surface area contributed by atoms with E-state index in [4.69, 9.17) is 5.11 Å². The van der Waals surface area contributed by atoms with Gasteiger partial charge in [-0.15, -0.1) is 0 Å². The number of rotatable bonds is 5. The van der Waals surface area contributed by atoms with Gasteiger partial charge in [0, 0.05) is 12.1 Å². The molecule has 0 atom stereocenters. The van der Waals surface area contributed by atoms with Crippen molar-refractivity contribution in [3.05, 3.63) is 35.4 Å². The van der Waals surface area contributed by atoms with Crippen LogP contribution < -0.4 is 5.32 Å². The summed E-state index contributed by atoms with van der Waals surface area (Å²) >= 11 is 0. The number of carbonyl (C=O) groups is 1. The second kappa shape index (κ2) is 4.88. The largest absolute Gasteiger partial charge is 0.481 e. The van der Waals surface area contributed by atoms with Crippen LogP contribution >= 0.6 is 0 Å². The lowest BCUT2D eigenvalue weighted by Crippen LogP contribution is -2.47. The Bertz CT molecular complexity index is 410. The van der Waals surface area contributed by atoms with E-state index < -0.39 is 5.97 Å². The molecule has 1 aliphatic carbocycles. The SMILES string of the molecule is CC1(NCc2ccccc2CC(=O)O)CCC1. The Balaban J connectivity index is 2.01. The number of nitrogens with one attached hydrogen (secondary N) is 1. The number of carboxylic acid groups (broad SMARTS) is 1. The Labute approximate surface area is 102 Å². The highest BCUT2D eigenvalue weighted by Crippen LogP contribution is 2.31. The average Bonchev–Trinajstić information content (AvgIpc) is 2.25. The summed E-state index contributed by atoms with van der Waals surface area (Å²) in [4.78, 5) is 10.8. The van der Waals surface area contributed by atoms with E-state index in [0.29, 0.717) is 0 Å². The van der Waals surface area contributed by atoms with Gasteiger partial charge in [0.25, 0.3) is 0 Å². The molecule has 1 saturated carbocycles. The van der Waals surface area contributed by atoms with E-state index >= 15 is 0 Å². The first-order chi connectivity index (χ1) is 8.09. The van der Waals surface area contributed by atoms with Gasteiger partial charge in [-0.3, -0.25) is 4.79 Å². The summed E-state index contributed by atoms with van der Waals surface area (Å²) in [5.74, 6) is -0.771. The summed E-state index contributed by atoms with van der Waals surface area (Å²) in [6.07, 6.45) is 3.83. The lowest BCUT2D eigenvalue weighted by atomic mass is 9.78. The predicted octanol–water partition coefficient (Wildman–Crippen LogP) is 2.35. The Kier molecular flexibility index (Phi) is 3.48. The Hall–Kier alpha value is -1.35. The van der Waals surface area contributed by atoms with Crippen molar-refractivity contribution in [2.24, 2.45) is 0 Å². The summed E-state index contributed by atoms with van der Waals surface area (Å²) in [6, 6.07) is 7.76. The van der Waals surface area contributed by atoms with E-state index in [2.05, 4.69) is 12.2 Å². The Morgan fingerprint density at radius 1 is 1.35 bits per heavy atom. The monoisotopic (exact) mass is 233 g/mol. The highest BCUT2D eigenvalue weighted by molar-refractivity contribution is 5.70. The molecule has 17 heavy (non-hydrogen) atoms. The van der Waals surface area contributed by atoms with Gasteiger partial charge in [-0.25, -0.2) is 0 Å². The van der Waals surface area contributed by atoms with Crippen molar-refractivity contribution in [3.63, 3.8) is 0 Å². The van der Waals surface area contributed by atoms with Gasteiger partial charge in [0.1, 0.15) is 0 Å². The molecule has 92 valence electrons. The number of carboxylic acids is 1. The molecule has 0 radical (unpaired) electrons. The molecule has 0 spiro atoms. The van der Waals surface area contributed by atoms with Crippen LogP contribution in [0.15, 0.2) is 24.3 Å². The van der Waals surface area contributed by atoms with Crippen LogP contribution in [0.4, 0.5) is 0 Å². The molecule has 3 nitrogen and oxygen atoms in total. The molecule has 0 aromatic heterocycles. The quantitative estimate of drug-likeness (QED) is 0.820. The molecule has 0 saturated heterocycles. The third-order valence-electron chi connectivity index (χ3n) is 3.62. The minimum atomic E-state index is -0.771. The zero-order valence-electron chi connectivity index (χ0n) is 10.2. The second-order valence-electron chi connectivity index (χ2n) is 5.11. The molecule has 1 aromatic rings. The standard InChI is InChI=1S/C14H19NO2/c1-14(7-4-8-14)15-10-12-6-3-2-5-11(12)9-13(16)17/h2-3,5-6,15H,4,7-10H2,1H3,(H,16,17). The summed E-state index contributed by atoms with van der Waals surface area (Å²) in [6.45, 7) is 3.00. The van der Waals surface area contributed by atoms with Crippen molar-refractivity contribution in [1.82, 2.24) is 5.32 Å². The van der Waals surface area contributed by atoms with Crippen molar-refractivity contribution >= 4 is 5.97 Å². The van der Waals surface area contributed by atoms with Crippen LogP contribution in [0.25, 0.3) is 0 Å². The number of aliphatic carboxylic acids is 1. The first-order valence-electron chi connectivity index (χ1n) is 6.13. The lowest BCUT2D eigenvalue weighted by molar-refractivity contribution is -0.136. The molecule has 0 heterocycles. The van der Waals surface area contributed by atoms with Gasteiger partial charge in [-0.1, -0.05) is 24.3 Å². The number of hydrogen-bond acceptors (Lipinski definition) is 2. The summed E-state index contributed by atoms with van der Waals surface area (Å²) in [7, 11) is 0. The first-order valence-corrected chi connectivity index (χ1v) is 6.13. The maximum Gasteiger partial charge on any atom is 0.307 e. The smallest absolute Gasteiger partial charge is 0.307 e. The molecule has 0 unspecified atom stereocenters. The molecule has 0 aliphatic heterocycles. The third-order valence-corrected chi connectivity index (χ3v) is 3.62. The van der Waals surface area contributed by atoms with E-state index in [-0.39, 0.29) is 12.0 Å². The fraction of sp³-hybridized carbons (Fsp3) is 0.500. The van der Waals surface area contributed by atoms with Crippen molar-refractivity contribution in [3.8, 4) is 0 Å². The van der Waals surface area contributed by atoms with Crippen molar-refractivity contribution in [2.75, 3.05) is 0 Å². The molecule has 1 aromatic carbocycles. The number of benzene rings is 1. The molecule has 0 bridgehead atoms. The molecular weight excluding hydrogens is 214 g/mol. The molecule has 1 fully saturated rings. The van der Waals surface area contributed by atoms with Crippen LogP contribution in [0.3, 0.4) is 0 Å². The van der Waals surface area contributed by atoms with E-state index in [1.807, 2.05) is 24.3 Å². The first kappa shape index (κ1) is 12.1. The summed E-state index contributed by atoms with van der Waals surface area (Å²) in [5, 5.41) is 12.4. The lowest BCUT2D eigenvalue weighted by Gasteiger charge is -2.39. The van der Waals surface area contributed by atoms with Crippen LogP contribution in [-0.2, 0) is 17.8 Å². The molecule has 3 heteroatoms. The fourth-order valence-corrected chi connectivity index (χ4v) is 2.26. The molecular formula is C14H19NO2. The molecule has 0 amide bonds. The van der Waals surface area contributed by atoms with Crippen molar-refractivity contribution in [2.45, 2.75) is 44.7 Å². The van der Waals surface area contributed by atoms with Crippen LogP contribution in [0.5, 0.6) is 0 Å². The van der Waals surface area contributed by atoms with Gasteiger partial charge in [-0.2, -0.15) is 0 Å². The maximum absolute atomic E-state index is 10.8. The topological polar surface area (TPSA) is 49.3 Å². The zero-order chi connectivity index (χ0) is 12.3. The summed E-state index contributed by atoms with van der Waals surface area (Å²) < 4.78 is 0. The van der Waals surface area contributed by atoms with E-state index in [0.717, 1.165) is 17.7 Å². The Morgan fingerprint density at radius 3 is 2.53 bits per heavy atom. The highest BCUT2D eigenvalue weighted by Gasteiger charge is 2.30. The highest BCUT2D eigenvalue weighted by atomic mass is 16.4. The minimum Gasteiger partial charge on any atom is -0.481 e. The predicted molar refractivity (Wildman–Crippen MR) is 66.9 cm³/mol. The van der Waals surface area contributed by atoms with Crippen LogP contribution in [0.2, 0.25) is 0 Å². The minimum absolute atomic E-state index is 0.106. The second-order valence-corrected chi connectivity index (χ2v) is 5.11. The van der Waals surface area contributed by atoms with E-state index in [1.54, 1.807) is 0 Å². The molecule has 2 N–H and O–H groups in total. The van der Waals surface area contributed by atoms with Gasteiger partial charge in [0.15, 0.2) is 0 Å². The van der Waals surface area contributed by atoms with Crippen molar-refractivity contribution in [1.29, 1.82) is 0 Å². The van der Waals surface area contributed by atoms with Gasteiger partial charge >= 0.3 is 5.97 Å². The van der Waals surface area contributed by atoms with Crippen molar-refractivity contribution < 1.29 is 9.90 Å². The zero-order valence-corrected chi connectivity index (χ0v) is 10.2. The van der Waals surface area contributed by atoms with Crippen LogP contribution in [0, 0.1) is 0 Å². The van der Waals surface area contributed by atoms with Gasteiger partial charge < -0.3 is 10.4 Å². The van der Waals surface area contributed by atoms with Gasteiger partial charge in [0.2, 0.25) is 0 Å². The van der Waals surface area contributed by atoms with Crippen LogP contribution in [0.1, 0.15) is 37.3 Å². The van der Waals surface area contributed by atoms with E-state index in [1.165, 1.54) is 19.3 Å². The normalized spacial score (nSPS) is 17.5. The summed E-state index contributed by atoms with van der Waals surface area (Å²) in [5.41, 5.74) is 2.27. The number of hydrogen-bond donors (Lipinski definition) is 2. The van der Waals surface area contributed by atoms with Crippen LogP contribution in [-0.4, -0.2) is 16.6 Å². The fourth-order valence-electron chi connectivity index (χ4n) is 2.26. The maximum atomic E-state index is 10.8. The Morgan fingerprint density at radius 2 is 2.00 bits per heavy atom. The van der Waals surface area contributed by atoms with Gasteiger partial charge in [-0.05, 0) is 37.3 Å². The average molecular weight is 233 g/mol. The molecule has 2 rings (SSSR count). The van der Waals surface area contributed by atoms with E-state index in [9.17, 15) is 4.79 Å². The third kappa shape index (κ3) is 3.07. The molecule has 1 aliphatic rings.